The molecule has 0 unspecified atom stereocenters. The second-order valence-electron chi connectivity index (χ2n) is 5.52. The molecule has 0 aliphatic heterocycles. The Kier molecular flexibility index (Phi) is 4.70. The van der Waals surface area contributed by atoms with Gasteiger partial charge in [-0.3, -0.25) is 14.9 Å². The molecule has 9 heteroatoms. The van der Waals surface area contributed by atoms with Gasteiger partial charge in [0.25, 0.3) is 11.6 Å². The number of benzene rings is 2. The van der Waals surface area contributed by atoms with Crippen molar-refractivity contribution < 1.29 is 14.1 Å². The van der Waals surface area contributed by atoms with Crippen molar-refractivity contribution in [1.29, 1.82) is 0 Å². The lowest BCUT2D eigenvalue weighted by molar-refractivity contribution is -0.384. The number of rotatable bonds is 5. The number of nitrogens with zero attached hydrogens (tertiary/aromatic N) is 4. The van der Waals surface area contributed by atoms with Gasteiger partial charge < -0.3 is 5.32 Å². The van der Waals surface area contributed by atoms with Gasteiger partial charge in [0.1, 0.15) is 5.82 Å². The van der Waals surface area contributed by atoms with Crippen LogP contribution in [0.5, 0.6) is 0 Å². The molecular formula is C17H14FN5O3. The summed E-state index contributed by atoms with van der Waals surface area (Å²) < 4.78 is 14.3. The van der Waals surface area contributed by atoms with Crippen LogP contribution in [-0.4, -0.2) is 25.8 Å². The molecule has 2 aromatic carbocycles. The number of halogens is 1. The van der Waals surface area contributed by atoms with E-state index >= 15 is 0 Å². The highest BCUT2D eigenvalue weighted by atomic mass is 19.1. The number of nitrogens with one attached hydrogen (secondary N) is 1. The Morgan fingerprint density at radius 1 is 1.27 bits per heavy atom. The first kappa shape index (κ1) is 17.2. The van der Waals surface area contributed by atoms with Gasteiger partial charge in [0, 0.05) is 18.7 Å². The molecular weight excluding hydrogens is 341 g/mol. The predicted molar refractivity (Wildman–Crippen MR) is 90.3 cm³/mol. The van der Waals surface area contributed by atoms with Crippen LogP contribution in [0.1, 0.15) is 21.7 Å². The minimum Gasteiger partial charge on any atom is -0.347 e. The summed E-state index contributed by atoms with van der Waals surface area (Å²) in [5.41, 5.74) is 1.64. The highest BCUT2D eigenvalue weighted by molar-refractivity contribution is 5.93. The van der Waals surface area contributed by atoms with Crippen molar-refractivity contribution in [1.82, 2.24) is 20.3 Å². The molecule has 1 amide bonds. The van der Waals surface area contributed by atoms with Crippen LogP contribution in [0.2, 0.25) is 0 Å². The molecule has 0 bridgehead atoms. The van der Waals surface area contributed by atoms with Crippen LogP contribution in [-0.2, 0) is 6.54 Å². The molecule has 8 nitrogen and oxygen atoms in total. The molecule has 26 heavy (non-hydrogen) atoms. The first-order valence-electron chi connectivity index (χ1n) is 7.65. The predicted octanol–water partition coefficient (Wildman–Crippen LogP) is 2.55. The maximum atomic E-state index is 12.9. The molecule has 0 saturated carbocycles. The maximum absolute atomic E-state index is 12.9. The molecule has 0 aliphatic carbocycles. The molecule has 0 saturated heterocycles. The zero-order valence-corrected chi connectivity index (χ0v) is 13.7. The molecule has 3 rings (SSSR count). The second kappa shape index (κ2) is 7.09. The normalized spacial score (nSPS) is 10.5. The number of hydrogen-bond donors (Lipinski definition) is 1. The Labute approximate surface area is 147 Å². The lowest BCUT2D eigenvalue weighted by Crippen LogP contribution is -2.24. The number of aromatic nitrogens is 3. The van der Waals surface area contributed by atoms with Gasteiger partial charge in [-0.2, -0.15) is 0 Å². The van der Waals surface area contributed by atoms with E-state index in [0.717, 1.165) is 5.56 Å². The molecule has 0 radical (unpaired) electrons. The average molecular weight is 355 g/mol. The molecule has 132 valence electrons. The number of nitro benzene ring substituents is 1. The van der Waals surface area contributed by atoms with Gasteiger partial charge in [-0.15, -0.1) is 5.10 Å². The Bertz CT molecular complexity index is 969. The van der Waals surface area contributed by atoms with Crippen LogP contribution in [0.15, 0.2) is 48.5 Å². The average Bonchev–Trinajstić information content (AvgIpc) is 3.02. The Morgan fingerprint density at radius 2 is 2.00 bits per heavy atom. The highest BCUT2D eigenvalue weighted by Gasteiger charge is 2.18. The number of nitro groups is 1. The lowest BCUT2D eigenvalue weighted by Gasteiger charge is -2.05. The summed E-state index contributed by atoms with van der Waals surface area (Å²) in [5.74, 6) is -0.792. The molecule has 0 fully saturated rings. The standard InChI is InChI=1S/C17H14FN5O3/c1-11-16(17(24)19-10-12-5-7-13(18)8-6-12)20-21-22(11)14-3-2-4-15(9-14)23(25)26/h2-9H,10H2,1H3,(H,19,24). The lowest BCUT2D eigenvalue weighted by atomic mass is 10.2. The molecule has 3 aromatic rings. The summed E-state index contributed by atoms with van der Waals surface area (Å²) in [6, 6.07) is 11.6. The van der Waals surface area contributed by atoms with Crippen molar-refractivity contribution in [3.63, 3.8) is 0 Å². The quantitative estimate of drug-likeness (QED) is 0.560. The third-order valence-electron chi connectivity index (χ3n) is 3.76. The molecule has 1 aromatic heterocycles. The number of carbonyl (C=O) groups is 1. The number of hydrogen-bond acceptors (Lipinski definition) is 5. The zero-order valence-electron chi connectivity index (χ0n) is 13.7. The summed E-state index contributed by atoms with van der Waals surface area (Å²) in [6.45, 7) is 1.86. The third kappa shape index (κ3) is 3.56. The van der Waals surface area contributed by atoms with Crippen molar-refractivity contribution in [2.24, 2.45) is 0 Å². The van der Waals surface area contributed by atoms with Crippen LogP contribution in [0.25, 0.3) is 5.69 Å². The number of carbonyl (C=O) groups excluding carboxylic acids is 1. The van der Waals surface area contributed by atoms with E-state index in [1.54, 1.807) is 25.1 Å². The summed E-state index contributed by atoms with van der Waals surface area (Å²) in [4.78, 5) is 22.7. The van der Waals surface area contributed by atoms with Crippen molar-refractivity contribution in [2.75, 3.05) is 0 Å². The Morgan fingerprint density at radius 3 is 2.69 bits per heavy atom. The van der Waals surface area contributed by atoms with Crippen molar-refractivity contribution in [3.8, 4) is 5.69 Å². The second-order valence-corrected chi connectivity index (χ2v) is 5.52. The van der Waals surface area contributed by atoms with Crippen LogP contribution in [0.3, 0.4) is 0 Å². The SMILES string of the molecule is Cc1c(C(=O)NCc2ccc(F)cc2)nnn1-c1cccc([N+](=O)[O-])c1. The van der Waals surface area contributed by atoms with Gasteiger partial charge in [-0.1, -0.05) is 23.4 Å². The first-order chi connectivity index (χ1) is 12.5. The minimum atomic E-state index is -0.508. The Hall–Kier alpha value is -3.62. The van der Waals surface area contributed by atoms with E-state index in [0.29, 0.717) is 11.4 Å². The van der Waals surface area contributed by atoms with Gasteiger partial charge in [0.15, 0.2) is 5.69 Å². The van der Waals surface area contributed by atoms with Gasteiger partial charge in [-0.05, 0) is 30.7 Å². The molecule has 0 aliphatic rings. The van der Waals surface area contributed by atoms with E-state index in [1.807, 2.05) is 0 Å². The van der Waals surface area contributed by atoms with E-state index < -0.39 is 10.8 Å². The fraction of sp³-hybridized carbons (Fsp3) is 0.118. The molecule has 1 N–H and O–H groups in total. The van der Waals surface area contributed by atoms with E-state index in [4.69, 9.17) is 0 Å². The van der Waals surface area contributed by atoms with Crippen LogP contribution in [0, 0.1) is 22.9 Å². The highest BCUT2D eigenvalue weighted by Crippen LogP contribution is 2.18. The first-order valence-corrected chi connectivity index (χ1v) is 7.65. The summed E-state index contributed by atoms with van der Waals surface area (Å²) in [5, 5.41) is 21.4. The van der Waals surface area contributed by atoms with Gasteiger partial charge in [-0.25, -0.2) is 9.07 Å². The topological polar surface area (TPSA) is 103 Å². The van der Waals surface area contributed by atoms with Crippen molar-refractivity contribution in [3.05, 3.63) is 81.4 Å². The number of amides is 1. The summed E-state index contributed by atoms with van der Waals surface area (Å²) in [6.07, 6.45) is 0. The maximum Gasteiger partial charge on any atom is 0.274 e. The largest absolute Gasteiger partial charge is 0.347 e. The molecule has 0 atom stereocenters. The van der Waals surface area contributed by atoms with E-state index in [-0.39, 0.29) is 23.7 Å². The van der Waals surface area contributed by atoms with E-state index in [9.17, 15) is 19.3 Å². The van der Waals surface area contributed by atoms with Crippen LogP contribution in [0.4, 0.5) is 10.1 Å². The fourth-order valence-electron chi connectivity index (χ4n) is 2.39. The third-order valence-corrected chi connectivity index (χ3v) is 3.76. The molecule has 0 spiro atoms. The fourth-order valence-corrected chi connectivity index (χ4v) is 2.39. The summed E-state index contributed by atoms with van der Waals surface area (Å²) >= 11 is 0. The van der Waals surface area contributed by atoms with Crippen molar-refractivity contribution >= 4 is 11.6 Å². The Balaban J connectivity index is 1.77. The van der Waals surface area contributed by atoms with Crippen LogP contribution >= 0.6 is 0 Å². The monoisotopic (exact) mass is 355 g/mol. The van der Waals surface area contributed by atoms with Crippen LogP contribution < -0.4 is 5.32 Å². The zero-order chi connectivity index (χ0) is 18.7. The molecule has 1 heterocycles. The van der Waals surface area contributed by atoms with Gasteiger partial charge >= 0.3 is 0 Å². The minimum absolute atomic E-state index is 0.0836. The summed E-state index contributed by atoms with van der Waals surface area (Å²) in [7, 11) is 0. The van der Waals surface area contributed by atoms with Crippen molar-refractivity contribution in [2.45, 2.75) is 13.5 Å². The van der Waals surface area contributed by atoms with E-state index in [1.165, 1.54) is 35.0 Å². The van der Waals surface area contributed by atoms with Gasteiger partial charge in [0.05, 0.1) is 16.3 Å². The van der Waals surface area contributed by atoms with E-state index in [2.05, 4.69) is 15.6 Å². The number of non-ortho nitro benzene ring substituents is 1. The smallest absolute Gasteiger partial charge is 0.274 e. The van der Waals surface area contributed by atoms with Gasteiger partial charge in [0.2, 0.25) is 0 Å².